The van der Waals surface area contributed by atoms with Crippen molar-refractivity contribution >= 4 is 22.6 Å². The largest absolute Gasteiger partial charge is 0.496 e. The van der Waals surface area contributed by atoms with Crippen molar-refractivity contribution in [2.24, 2.45) is 0 Å². The summed E-state index contributed by atoms with van der Waals surface area (Å²) in [5, 5.41) is 8.88. The summed E-state index contributed by atoms with van der Waals surface area (Å²) in [6.07, 6.45) is 0.380. The molecule has 5 nitrogen and oxygen atoms in total. The van der Waals surface area contributed by atoms with Gasteiger partial charge in [-0.2, -0.15) is 0 Å². The third-order valence-electron chi connectivity index (χ3n) is 4.41. The van der Waals surface area contributed by atoms with Gasteiger partial charge in [0, 0.05) is 23.3 Å². The minimum Gasteiger partial charge on any atom is -0.496 e. The normalized spacial score (nSPS) is 17.0. The van der Waals surface area contributed by atoms with Crippen molar-refractivity contribution in [2.45, 2.75) is 19.3 Å². The highest BCUT2D eigenvalue weighted by molar-refractivity contribution is 5.97. The highest BCUT2D eigenvalue weighted by atomic mass is 16.5. The third kappa shape index (κ3) is 2.08. The number of rotatable bonds is 2. The number of fused-ring (bicyclic) bond motifs is 2. The molecule has 0 fully saturated rings. The number of amides is 1. The first-order valence-electron chi connectivity index (χ1n) is 7.50. The molecule has 1 aliphatic rings. The maximum Gasteiger partial charge on any atom is 0.235 e. The van der Waals surface area contributed by atoms with Crippen LogP contribution in [0.2, 0.25) is 0 Å². The number of nitrogens with one attached hydrogen (secondary N) is 1. The van der Waals surface area contributed by atoms with Crippen LogP contribution >= 0.6 is 0 Å². The van der Waals surface area contributed by atoms with E-state index in [-0.39, 0.29) is 11.8 Å². The van der Waals surface area contributed by atoms with Crippen LogP contribution in [0, 0.1) is 6.92 Å². The molecule has 0 saturated carbocycles. The highest BCUT2D eigenvalue weighted by Crippen LogP contribution is 2.42. The van der Waals surface area contributed by atoms with Gasteiger partial charge in [0.15, 0.2) is 0 Å². The Labute approximate surface area is 133 Å². The molecule has 1 atom stereocenters. The lowest BCUT2D eigenvalue weighted by molar-refractivity contribution is -0.116. The van der Waals surface area contributed by atoms with Crippen LogP contribution in [0.1, 0.15) is 29.2 Å². The Morgan fingerprint density at radius 1 is 1.22 bits per heavy atom. The van der Waals surface area contributed by atoms with E-state index in [0.29, 0.717) is 12.3 Å². The third-order valence-corrected chi connectivity index (χ3v) is 4.41. The van der Waals surface area contributed by atoms with Crippen LogP contribution in [0.25, 0.3) is 10.8 Å². The smallest absolute Gasteiger partial charge is 0.235 e. The van der Waals surface area contributed by atoms with E-state index in [9.17, 15) is 4.79 Å². The molecule has 2 heterocycles. The molecule has 1 N–H and O–H groups in total. The first-order chi connectivity index (χ1) is 11.2. The maximum atomic E-state index is 12.1. The summed E-state index contributed by atoms with van der Waals surface area (Å²) in [6, 6.07) is 12.0. The van der Waals surface area contributed by atoms with Gasteiger partial charge in [0.2, 0.25) is 11.8 Å². The standard InChI is InChI=1S/C18H16N2O3/c1-10-17-14(9-16(21)19-18(17)23-20-10)12-7-8-15(22-2)13-6-4-3-5-11(12)13/h3-8,14H,9H2,1-2H3,(H,19,21). The average Bonchev–Trinajstić information content (AvgIpc) is 2.94. The minimum absolute atomic E-state index is 0.0569. The fourth-order valence-electron chi connectivity index (χ4n) is 3.38. The molecule has 1 unspecified atom stereocenters. The molecule has 5 heteroatoms. The van der Waals surface area contributed by atoms with Crippen LogP contribution in [0.4, 0.5) is 5.88 Å². The van der Waals surface area contributed by atoms with Gasteiger partial charge < -0.3 is 9.26 Å². The van der Waals surface area contributed by atoms with Gasteiger partial charge in [0.25, 0.3) is 0 Å². The second kappa shape index (κ2) is 5.12. The number of hydrogen-bond donors (Lipinski definition) is 1. The lowest BCUT2D eigenvalue weighted by Crippen LogP contribution is -2.23. The van der Waals surface area contributed by atoms with Gasteiger partial charge in [-0.25, -0.2) is 0 Å². The molecule has 0 aliphatic carbocycles. The van der Waals surface area contributed by atoms with E-state index in [1.54, 1.807) is 7.11 Å². The zero-order valence-electron chi connectivity index (χ0n) is 12.9. The first kappa shape index (κ1) is 13.8. The van der Waals surface area contributed by atoms with Crippen LogP contribution in [-0.4, -0.2) is 18.2 Å². The molecule has 1 amide bonds. The van der Waals surface area contributed by atoms with E-state index >= 15 is 0 Å². The van der Waals surface area contributed by atoms with Gasteiger partial charge in [0.05, 0.1) is 12.8 Å². The molecule has 1 aromatic heterocycles. The molecule has 0 radical (unpaired) electrons. The van der Waals surface area contributed by atoms with Crippen LogP contribution < -0.4 is 10.1 Å². The van der Waals surface area contributed by atoms with Crippen LogP contribution in [-0.2, 0) is 4.79 Å². The van der Waals surface area contributed by atoms with E-state index in [0.717, 1.165) is 33.3 Å². The Morgan fingerprint density at radius 3 is 2.78 bits per heavy atom. The predicted molar refractivity (Wildman–Crippen MR) is 86.8 cm³/mol. The van der Waals surface area contributed by atoms with Crippen molar-refractivity contribution in [3.63, 3.8) is 0 Å². The predicted octanol–water partition coefficient (Wildman–Crippen LogP) is 3.62. The van der Waals surface area contributed by atoms with Gasteiger partial charge >= 0.3 is 0 Å². The van der Waals surface area contributed by atoms with Crippen molar-refractivity contribution in [3.8, 4) is 5.75 Å². The Kier molecular flexibility index (Phi) is 3.08. The number of ether oxygens (including phenoxy) is 1. The van der Waals surface area contributed by atoms with Crippen molar-refractivity contribution in [1.29, 1.82) is 0 Å². The molecular weight excluding hydrogens is 292 g/mol. The van der Waals surface area contributed by atoms with Crippen LogP contribution in [0.3, 0.4) is 0 Å². The number of carbonyl (C=O) groups excluding carboxylic acids is 1. The second-order valence-electron chi connectivity index (χ2n) is 5.72. The molecule has 23 heavy (non-hydrogen) atoms. The summed E-state index contributed by atoms with van der Waals surface area (Å²) in [4.78, 5) is 12.1. The Hall–Kier alpha value is -2.82. The van der Waals surface area contributed by atoms with Crippen molar-refractivity contribution in [1.82, 2.24) is 5.16 Å². The zero-order chi connectivity index (χ0) is 16.0. The molecule has 0 saturated heterocycles. The van der Waals surface area contributed by atoms with Gasteiger partial charge in [-0.3, -0.25) is 10.1 Å². The number of carbonyl (C=O) groups is 1. The first-order valence-corrected chi connectivity index (χ1v) is 7.50. The van der Waals surface area contributed by atoms with E-state index in [1.165, 1.54) is 0 Å². The fourth-order valence-corrected chi connectivity index (χ4v) is 3.38. The SMILES string of the molecule is COc1ccc(C2CC(=O)Nc3onc(C)c32)c2ccccc12. The molecule has 1 aliphatic heterocycles. The summed E-state index contributed by atoms with van der Waals surface area (Å²) in [5.41, 5.74) is 2.86. The molecule has 0 spiro atoms. The van der Waals surface area contributed by atoms with E-state index in [4.69, 9.17) is 9.26 Å². The molecule has 2 aromatic carbocycles. The maximum absolute atomic E-state index is 12.1. The summed E-state index contributed by atoms with van der Waals surface area (Å²) in [7, 11) is 1.66. The molecule has 0 bridgehead atoms. The second-order valence-corrected chi connectivity index (χ2v) is 5.72. The number of aromatic nitrogens is 1. The number of hydrogen-bond acceptors (Lipinski definition) is 4. The van der Waals surface area contributed by atoms with E-state index in [1.807, 2.05) is 37.3 Å². The summed E-state index contributed by atoms with van der Waals surface area (Å²) >= 11 is 0. The number of benzene rings is 2. The molecule has 116 valence electrons. The highest BCUT2D eigenvalue weighted by Gasteiger charge is 2.33. The van der Waals surface area contributed by atoms with Gasteiger partial charge in [-0.1, -0.05) is 35.5 Å². The summed E-state index contributed by atoms with van der Waals surface area (Å²) in [6.45, 7) is 1.90. The lowest BCUT2D eigenvalue weighted by atomic mass is 9.83. The minimum atomic E-state index is -0.0687. The van der Waals surface area contributed by atoms with Crippen molar-refractivity contribution in [3.05, 3.63) is 53.2 Å². The van der Waals surface area contributed by atoms with Gasteiger partial charge in [-0.15, -0.1) is 0 Å². The van der Waals surface area contributed by atoms with Crippen LogP contribution in [0.5, 0.6) is 5.75 Å². The van der Waals surface area contributed by atoms with Crippen LogP contribution in [0.15, 0.2) is 40.9 Å². The topological polar surface area (TPSA) is 64.4 Å². The molecule has 4 rings (SSSR count). The van der Waals surface area contributed by atoms with Crippen molar-refractivity contribution in [2.75, 3.05) is 12.4 Å². The Morgan fingerprint density at radius 2 is 2.00 bits per heavy atom. The zero-order valence-corrected chi connectivity index (χ0v) is 12.9. The fraction of sp³-hybridized carbons (Fsp3) is 0.222. The number of nitrogens with zero attached hydrogens (tertiary/aromatic N) is 1. The van der Waals surface area contributed by atoms with E-state index in [2.05, 4.69) is 16.5 Å². The number of aryl methyl sites for hydroxylation is 1. The molecule has 3 aromatic rings. The number of methoxy groups -OCH3 is 1. The lowest BCUT2D eigenvalue weighted by Gasteiger charge is -2.23. The quantitative estimate of drug-likeness (QED) is 0.785. The number of anilines is 1. The Bertz CT molecular complexity index is 914. The van der Waals surface area contributed by atoms with Gasteiger partial charge in [-0.05, 0) is 23.9 Å². The summed E-state index contributed by atoms with van der Waals surface area (Å²) < 4.78 is 10.7. The van der Waals surface area contributed by atoms with Gasteiger partial charge in [0.1, 0.15) is 5.75 Å². The molecular formula is C18H16N2O3. The van der Waals surface area contributed by atoms with E-state index < -0.39 is 0 Å². The average molecular weight is 308 g/mol. The summed E-state index contributed by atoms with van der Waals surface area (Å²) in [5.74, 6) is 1.16. The monoisotopic (exact) mass is 308 g/mol. The van der Waals surface area contributed by atoms with Crippen molar-refractivity contribution < 1.29 is 14.1 Å². The Balaban J connectivity index is 1.97.